The fraction of sp³-hybridized carbons (Fsp3) is 0.636. The van der Waals surface area contributed by atoms with E-state index in [-0.39, 0.29) is 0 Å². The van der Waals surface area contributed by atoms with Crippen LogP contribution in [0.1, 0.15) is 49.0 Å². The summed E-state index contributed by atoms with van der Waals surface area (Å²) in [4.78, 5) is 4.42. The van der Waals surface area contributed by atoms with E-state index in [2.05, 4.69) is 20.5 Å². The van der Waals surface area contributed by atoms with E-state index >= 15 is 0 Å². The van der Waals surface area contributed by atoms with Gasteiger partial charge in [0, 0.05) is 12.5 Å². The Bertz CT molecular complexity index is 513. The van der Waals surface area contributed by atoms with E-state index < -0.39 is 0 Å². The van der Waals surface area contributed by atoms with Crippen molar-refractivity contribution in [3.8, 4) is 0 Å². The van der Waals surface area contributed by atoms with E-state index in [0.29, 0.717) is 24.9 Å². The van der Waals surface area contributed by atoms with Gasteiger partial charge in [0.05, 0.1) is 11.9 Å². The van der Waals surface area contributed by atoms with Gasteiger partial charge in [-0.15, -0.1) is 5.10 Å². The van der Waals surface area contributed by atoms with Crippen LogP contribution >= 0.6 is 0 Å². The molecule has 96 valence electrons. The van der Waals surface area contributed by atoms with Crippen LogP contribution in [0.15, 0.2) is 10.7 Å². The maximum atomic E-state index is 5.48. The molecule has 1 aliphatic carbocycles. The summed E-state index contributed by atoms with van der Waals surface area (Å²) in [6.45, 7) is 0.837. The van der Waals surface area contributed by atoms with Crippen LogP contribution in [0.4, 0.5) is 0 Å². The van der Waals surface area contributed by atoms with Crippen LogP contribution in [-0.4, -0.2) is 25.1 Å². The molecule has 0 bridgehead atoms. The van der Waals surface area contributed by atoms with E-state index in [1.807, 2.05) is 0 Å². The van der Waals surface area contributed by atoms with Gasteiger partial charge in [-0.3, -0.25) is 0 Å². The molecule has 0 radical (unpaired) electrons. The molecule has 18 heavy (non-hydrogen) atoms. The van der Waals surface area contributed by atoms with Crippen molar-refractivity contribution in [2.45, 2.75) is 44.7 Å². The molecule has 2 heterocycles. The zero-order valence-electron chi connectivity index (χ0n) is 10.1. The molecular formula is C11H16N6O. The van der Waals surface area contributed by atoms with Gasteiger partial charge < -0.3 is 10.3 Å². The minimum Gasteiger partial charge on any atom is -0.337 e. The molecule has 0 aromatic carbocycles. The fourth-order valence-corrected chi connectivity index (χ4v) is 2.33. The molecule has 3 rings (SSSR count). The van der Waals surface area contributed by atoms with E-state index in [1.54, 1.807) is 10.9 Å². The number of rotatable bonds is 4. The minimum absolute atomic E-state index is 0.386. The van der Waals surface area contributed by atoms with Crippen LogP contribution in [0.3, 0.4) is 0 Å². The quantitative estimate of drug-likeness (QED) is 0.860. The molecular weight excluding hydrogens is 232 g/mol. The monoisotopic (exact) mass is 248 g/mol. The zero-order valence-corrected chi connectivity index (χ0v) is 10.1. The molecule has 0 amide bonds. The third kappa shape index (κ3) is 2.26. The smallest absolute Gasteiger partial charge is 0.248 e. The Morgan fingerprint density at radius 3 is 2.94 bits per heavy atom. The molecule has 0 aliphatic heterocycles. The highest BCUT2D eigenvalue weighted by atomic mass is 16.5. The first-order chi connectivity index (χ1) is 8.85. The molecule has 0 saturated heterocycles. The summed E-state index contributed by atoms with van der Waals surface area (Å²) in [5, 5.41) is 11.9. The number of aromatic nitrogens is 5. The molecule has 0 atom stereocenters. The van der Waals surface area contributed by atoms with E-state index in [4.69, 9.17) is 10.3 Å². The van der Waals surface area contributed by atoms with Crippen molar-refractivity contribution in [3.63, 3.8) is 0 Å². The van der Waals surface area contributed by atoms with Gasteiger partial charge in [-0.25, -0.2) is 4.68 Å². The molecule has 7 nitrogen and oxygen atoms in total. The molecule has 7 heteroatoms. The third-order valence-electron chi connectivity index (χ3n) is 3.30. The Kier molecular flexibility index (Phi) is 3.06. The van der Waals surface area contributed by atoms with Gasteiger partial charge in [0.15, 0.2) is 5.82 Å². The summed E-state index contributed by atoms with van der Waals surface area (Å²) in [6.07, 6.45) is 6.65. The number of hydrogen-bond donors (Lipinski definition) is 1. The second-order valence-corrected chi connectivity index (χ2v) is 4.64. The number of hydrogen-bond acceptors (Lipinski definition) is 6. The second kappa shape index (κ2) is 4.85. The minimum atomic E-state index is 0.386. The number of nitrogens with zero attached hydrogens (tertiary/aromatic N) is 5. The standard InChI is InChI=1S/C11H16N6O/c12-5-9-6-17(16-14-9)7-10-13-11(15-18-10)8-3-1-2-4-8/h6,8H,1-5,7,12H2. The highest BCUT2D eigenvalue weighted by Gasteiger charge is 2.22. The summed E-state index contributed by atoms with van der Waals surface area (Å²) < 4.78 is 6.90. The molecule has 2 aromatic heterocycles. The fourth-order valence-electron chi connectivity index (χ4n) is 2.33. The molecule has 1 saturated carbocycles. The van der Waals surface area contributed by atoms with Gasteiger partial charge in [0.1, 0.15) is 6.54 Å². The van der Waals surface area contributed by atoms with Crippen molar-refractivity contribution < 1.29 is 4.52 Å². The maximum absolute atomic E-state index is 5.48. The average molecular weight is 248 g/mol. The van der Waals surface area contributed by atoms with Crippen molar-refractivity contribution >= 4 is 0 Å². The lowest BCUT2D eigenvalue weighted by atomic mass is 10.1. The lowest BCUT2D eigenvalue weighted by molar-refractivity contribution is 0.357. The van der Waals surface area contributed by atoms with Crippen molar-refractivity contribution in [3.05, 3.63) is 23.6 Å². The van der Waals surface area contributed by atoms with Crippen molar-refractivity contribution in [2.75, 3.05) is 0 Å². The first-order valence-electron chi connectivity index (χ1n) is 6.26. The Hall–Kier alpha value is -1.76. The van der Waals surface area contributed by atoms with Crippen LogP contribution in [-0.2, 0) is 13.1 Å². The summed E-state index contributed by atoms with van der Waals surface area (Å²) in [5.41, 5.74) is 6.23. The summed E-state index contributed by atoms with van der Waals surface area (Å²) in [5.74, 6) is 1.88. The third-order valence-corrected chi connectivity index (χ3v) is 3.30. The van der Waals surface area contributed by atoms with Gasteiger partial charge in [0.2, 0.25) is 5.89 Å². The van der Waals surface area contributed by atoms with E-state index in [9.17, 15) is 0 Å². The van der Waals surface area contributed by atoms with E-state index in [0.717, 1.165) is 11.5 Å². The molecule has 0 spiro atoms. The van der Waals surface area contributed by atoms with Crippen molar-refractivity contribution in [1.29, 1.82) is 0 Å². The molecule has 2 aromatic rings. The van der Waals surface area contributed by atoms with Crippen molar-refractivity contribution in [1.82, 2.24) is 25.1 Å². The van der Waals surface area contributed by atoms with Crippen LogP contribution in [0.25, 0.3) is 0 Å². The Morgan fingerprint density at radius 2 is 2.22 bits per heavy atom. The normalized spacial score (nSPS) is 16.5. The van der Waals surface area contributed by atoms with Crippen LogP contribution in [0.5, 0.6) is 0 Å². The number of nitrogens with two attached hydrogens (primary N) is 1. The van der Waals surface area contributed by atoms with Gasteiger partial charge in [-0.2, -0.15) is 4.98 Å². The lowest BCUT2D eigenvalue weighted by Gasteiger charge is -1.99. The predicted octanol–water partition coefficient (Wildman–Crippen LogP) is 0.826. The summed E-state index contributed by atoms with van der Waals surface area (Å²) in [7, 11) is 0. The largest absolute Gasteiger partial charge is 0.337 e. The molecule has 0 unspecified atom stereocenters. The van der Waals surface area contributed by atoms with Gasteiger partial charge >= 0.3 is 0 Å². The Balaban J connectivity index is 1.69. The maximum Gasteiger partial charge on any atom is 0.248 e. The Labute approximate surface area is 104 Å². The van der Waals surface area contributed by atoms with Crippen LogP contribution in [0.2, 0.25) is 0 Å². The van der Waals surface area contributed by atoms with Crippen LogP contribution < -0.4 is 5.73 Å². The van der Waals surface area contributed by atoms with Crippen molar-refractivity contribution in [2.24, 2.45) is 5.73 Å². The van der Waals surface area contributed by atoms with Gasteiger partial charge in [-0.05, 0) is 12.8 Å². The first-order valence-corrected chi connectivity index (χ1v) is 6.26. The SMILES string of the molecule is NCc1cn(Cc2nc(C3CCCC3)no2)nn1. The summed E-state index contributed by atoms with van der Waals surface area (Å²) >= 11 is 0. The molecule has 2 N–H and O–H groups in total. The van der Waals surface area contributed by atoms with Crippen LogP contribution in [0, 0.1) is 0 Å². The average Bonchev–Trinajstić information content (AvgIpc) is 3.10. The summed E-state index contributed by atoms with van der Waals surface area (Å²) in [6, 6.07) is 0. The first kappa shape index (κ1) is 11.3. The Morgan fingerprint density at radius 1 is 1.39 bits per heavy atom. The van der Waals surface area contributed by atoms with E-state index in [1.165, 1.54) is 25.7 Å². The molecule has 1 aliphatic rings. The lowest BCUT2D eigenvalue weighted by Crippen LogP contribution is -2.02. The van der Waals surface area contributed by atoms with Gasteiger partial charge in [-0.1, -0.05) is 23.2 Å². The van der Waals surface area contributed by atoms with Gasteiger partial charge in [0.25, 0.3) is 0 Å². The highest BCUT2D eigenvalue weighted by Crippen LogP contribution is 2.32. The second-order valence-electron chi connectivity index (χ2n) is 4.64. The molecule has 1 fully saturated rings. The topological polar surface area (TPSA) is 95.7 Å². The zero-order chi connectivity index (χ0) is 12.4. The highest BCUT2D eigenvalue weighted by molar-refractivity contribution is 4.98. The predicted molar refractivity (Wildman–Crippen MR) is 62.5 cm³/mol.